The molecule has 0 fully saturated rings. The van der Waals surface area contributed by atoms with E-state index in [1.807, 2.05) is 0 Å². The van der Waals surface area contributed by atoms with Gasteiger partial charge in [0, 0.05) is 0 Å². The van der Waals surface area contributed by atoms with E-state index < -0.39 is 12.3 Å². The summed E-state index contributed by atoms with van der Waals surface area (Å²) in [4.78, 5) is 3.73. The second kappa shape index (κ2) is 3.46. The highest BCUT2D eigenvalue weighted by Crippen LogP contribution is 2.36. The van der Waals surface area contributed by atoms with E-state index >= 15 is 0 Å². The number of thiazole rings is 1. The number of aromatic nitrogens is 1. The number of aliphatic hydroxyl groups is 1. The molecule has 0 aliphatic heterocycles. The number of fused-ring (bicyclic) bond motifs is 1. The Morgan fingerprint density at radius 1 is 1.27 bits per heavy atom. The van der Waals surface area contributed by atoms with E-state index in [2.05, 4.69) is 4.98 Å². The number of hydrogen-bond acceptors (Lipinski definition) is 3. The van der Waals surface area contributed by atoms with Gasteiger partial charge in [-0.15, -0.1) is 11.3 Å². The van der Waals surface area contributed by atoms with Gasteiger partial charge in [0.05, 0.1) is 10.2 Å². The predicted octanol–water partition coefficient (Wildman–Crippen LogP) is 2.89. The second-order valence-electron chi connectivity index (χ2n) is 2.96. The summed E-state index contributed by atoms with van der Waals surface area (Å²) in [5.74, 6) is 0. The molecule has 2 nitrogen and oxygen atoms in total. The van der Waals surface area contributed by atoms with Crippen LogP contribution >= 0.6 is 11.3 Å². The summed E-state index contributed by atoms with van der Waals surface area (Å²) in [5, 5.41) is 8.66. The first-order valence-electron chi connectivity index (χ1n) is 4.09. The lowest BCUT2D eigenvalue weighted by Crippen LogP contribution is -2.19. The van der Waals surface area contributed by atoms with Crippen LogP contribution in [0.4, 0.5) is 13.2 Å². The van der Waals surface area contributed by atoms with E-state index in [0.717, 1.165) is 11.3 Å². The summed E-state index contributed by atoms with van der Waals surface area (Å²) >= 11 is 0.851. The van der Waals surface area contributed by atoms with Crippen molar-refractivity contribution >= 4 is 21.6 Å². The molecule has 80 valence electrons. The number of halogens is 3. The highest BCUT2D eigenvalue weighted by atomic mass is 32.1. The largest absolute Gasteiger partial charge is 0.420 e. The monoisotopic (exact) mass is 233 g/mol. The van der Waals surface area contributed by atoms with E-state index in [1.54, 1.807) is 24.3 Å². The topological polar surface area (TPSA) is 33.1 Å². The van der Waals surface area contributed by atoms with Crippen LogP contribution in [0.1, 0.15) is 11.1 Å². The summed E-state index contributed by atoms with van der Waals surface area (Å²) < 4.78 is 37.2. The van der Waals surface area contributed by atoms with Crippen molar-refractivity contribution in [3.8, 4) is 0 Å². The van der Waals surface area contributed by atoms with Crippen molar-refractivity contribution in [1.29, 1.82) is 0 Å². The Hall–Kier alpha value is -1.14. The van der Waals surface area contributed by atoms with Gasteiger partial charge in [0.1, 0.15) is 5.01 Å². The fourth-order valence-corrected chi connectivity index (χ4v) is 2.13. The normalized spacial score (nSPS) is 14.4. The second-order valence-corrected chi connectivity index (χ2v) is 4.03. The molecule has 2 aromatic rings. The molecule has 0 radical (unpaired) electrons. The summed E-state index contributed by atoms with van der Waals surface area (Å²) in [6.45, 7) is 0. The Morgan fingerprint density at radius 3 is 2.53 bits per heavy atom. The van der Waals surface area contributed by atoms with Crippen LogP contribution in [-0.2, 0) is 0 Å². The summed E-state index contributed by atoms with van der Waals surface area (Å²) in [5.41, 5.74) is 0.473. The lowest BCUT2D eigenvalue weighted by atomic mass is 10.3. The number of para-hydroxylation sites is 1. The highest BCUT2D eigenvalue weighted by molar-refractivity contribution is 7.18. The number of hydrogen-bond donors (Lipinski definition) is 1. The molecule has 0 bridgehead atoms. The summed E-state index contributed by atoms with van der Waals surface area (Å²) in [7, 11) is 0. The average molecular weight is 233 g/mol. The molecule has 1 N–H and O–H groups in total. The standard InChI is InChI=1S/C9H6F3NOS/c10-9(11,12)7(14)8-13-5-3-1-2-4-6(5)15-8/h1-4,7,14H/t7-/m0/s1. The zero-order valence-electron chi connectivity index (χ0n) is 7.32. The van der Waals surface area contributed by atoms with Crippen LogP contribution in [0, 0.1) is 0 Å². The minimum absolute atomic E-state index is 0.316. The molecule has 0 saturated carbocycles. The molecule has 0 aliphatic carbocycles. The minimum Gasteiger partial charge on any atom is -0.377 e. The third kappa shape index (κ3) is 1.95. The molecule has 0 spiro atoms. The number of aliphatic hydroxyl groups excluding tert-OH is 1. The van der Waals surface area contributed by atoms with Crippen molar-refractivity contribution in [1.82, 2.24) is 4.98 Å². The van der Waals surface area contributed by atoms with Crippen molar-refractivity contribution in [2.45, 2.75) is 12.3 Å². The van der Waals surface area contributed by atoms with Crippen LogP contribution in [-0.4, -0.2) is 16.3 Å². The van der Waals surface area contributed by atoms with E-state index in [-0.39, 0.29) is 5.01 Å². The van der Waals surface area contributed by atoms with Gasteiger partial charge in [0.15, 0.2) is 0 Å². The van der Waals surface area contributed by atoms with Gasteiger partial charge in [-0.05, 0) is 12.1 Å². The van der Waals surface area contributed by atoms with E-state index in [4.69, 9.17) is 5.11 Å². The molecular weight excluding hydrogens is 227 g/mol. The molecule has 0 unspecified atom stereocenters. The lowest BCUT2D eigenvalue weighted by molar-refractivity contribution is -0.206. The summed E-state index contributed by atoms with van der Waals surface area (Å²) in [6, 6.07) is 6.67. The van der Waals surface area contributed by atoms with Gasteiger partial charge in [-0.2, -0.15) is 13.2 Å². The van der Waals surface area contributed by atoms with Crippen molar-refractivity contribution in [2.24, 2.45) is 0 Å². The molecular formula is C9H6F3NOS. The van der Waals surface area contributed by atoms with Crippen molar-refractivity contribution in [3.63, 3.8) is 0 Å². The van der Waals surface area contributed by atoms with Gasteiger partial charge in [-0.3, -0.25) is 0 Å². The van der Waals surface area contributed by atoms with Gasteiger partial charge in [-0.25, -0.2) is 4.98 Å². The van der Waals surface area contributed by atoms with Crippen LogP contribution in [0.15, 0.2) is 24.3 Å². The number of benzene rings is 1. The molecule has 2 rings (SSSR count). The molecule has 1 heterocycles. The zero-order chi connectivity index (χ0) is 11.1. The van der Waals surface area contributed by atoms with Crippen molar-refractivity contribution < 1.29 is 18.3 Å². The quantitative estimate of drug-likeness (QED) is 0.821. The maximum atomic E-state index is 12.2. The first-order chi connectivity index (χ1) is 6.98. The van der Waals surface area contributed by atoms with Gasteiger partial charge < -0.3 is 5.11 Å². The molecule has 15 heavy (non-hydrogen) atoms. The molecule has 0 amide bonds. The van der Waals surface area contributed by atoms with E-state index in [1.165, 1.54) is 0 Å². The maximum absolute atomic E-state index is 12.2. The van der Waals surface area contributed by atoms with Gasteiger partial charge >= 0.3 is 6.18 Å². The van der Waals surface area contributed by atoms with Crippen LogP contribution in [0.5, 0.6) is 0 Å². The van der Waals surface area contributed by atoms with Crippen LogP contribution < -0.4 is 0 Å². The smallest absolute Gasteiger partial charge is 0.377 e. The molecule has 0 saturated heterocycles. The first-order valence-corrected chi connectivity index (χ1v) is 4.90. The maximum Gasteiger partial charge on any atom is 0.420 e. The Bertz CT molecular complexity index is 446. The Balaban J connectivity index is 2.45. The number of alkyl halides is 3. The van der Waals surface area contributed by atoms with Crippen LogP contribution in [0.3, 0.4) is 0 Å². The average Bonchev–Trinajstić information content (AvgIpc) is 2.58. The van der Waals surface area contributed by atoms with Crippen LogP contribution in [0.2, 0.25) is 0 Å². The Kier molecular flexibility index (Phi) is 2.40. The SMILES string of the molecule is O[C@@H](c1nc2ccccc2s1)C(F)(F)F. The minimum atomic E-state index is -4.66. The predicted molar refractivity (Wildman–Crippen MR) is 50.6 cm³/mol. The Labute approximate surface area is 87.0 Å². The number of rotatable bonds is 1. The zero-order valence-corrected chi connectivity index (χ0v) is 8.14. The van der Waals surface area contributed by atoms with Crippen molar-refractivity contribution in [2.75, 3.05) is 0 Å². The van der Waals surface area contributed by atoms with E-state index in [9.17, 15) is 13.2 Å². The van der Waals surface area contributed by atoms with Crippen LogP contribution in [0.25, 0.3) is 10.2 Å². The molecule has 1 aromatic carbocycles. The molecule has 1 atom stereocenters. The van der Waals surface area contributed by atoms with Gasteiger partial charge in [0.25, 0.3) is 0 Å². The van der Waals surface area contributed by atoms with Gasteiger partial charge in [0.2, 0.25) is 6.10 Å². The summed E-state index contributed by atoms with van der Waals surface area (Å²) in [6.07, 6.45) is -7.15. The van der Waals surface area contributed by atoms with E-state index in [0.29, 0.717) is 10.2 Å². The first kappa shape index (κ1) is 10.4. The fraction of sp³-hybridized carbons (Fsp3) is 0.222. The van der Waals surface area contributed by atoms with Gasteiger partial charge in [-0.1, -0.05) is 12.1 Å². The number of nitrogens with zero attached hydrogens (tertiary/aromatic N) is 1. The molecule has 0 aliphatic rings. The third-order valence-corrected chi connectivity index (χ3v) is 2.94. The lowest BCUT2D eigenvalue weighted by Gasteiger charge is -2.10. The highest BCUT2D eigenvalue weighted by Gasteiger charge is 2.41. The van der Waals surface area contributed by atoms with Crippen molar-refractivity contribution in [3.05, 3.63) is 29.3 Å². The molecule has 6 heteroatoms. The fourth-order valence-electron chi connectivity index (χ4n) is 1.15. The molecule has 1 aromatic heterocycles. The third-order valence-electron chi connectivity index (χ3n) is 1.85. The Morgan fingerprint density at radius 2 is 1.93 bits per heavy atom.